The lowest BCUT2D eigenvalue weighted by atomic mass is 9.87. The summed E-state index contributed by atoms with van der Waals surface area (Å²) in [5.41, 5.74) is 5.70. The maximum atomic E-state index is 11.3. The second-order valence-electron chi connectivity index (χ2n) is 8.33. The Morgan fingerprint density at radius 2 is 1.91 bits per heavy atom. The maximum absolute atomic E-state index is 11.3. The summed E-state index contributed by atoms with van der Waals surface area (Å²) in [6, 6.07) is 7.31. The highest BCUT2D eigenvalue weighted by atomic mass is 16.6. The van der Waals surface area contributed by atoms with Gasteiger partial charge in [-0.15, -0.1) is 0 Å². The summed E-state index contributed by atoms with van der Waals surface area (Å²) in [4.78, 5) is 23.2. The van der Waals surface area contributed by atoms with Crippen LogP contribution >= 0.6 is 0 Å². The van der Waals surface area contributed by atoms with E-state index in [1.54, 1.807) is 7.11 Å². The largest absolute Gasteiger partial charge is 0.496 e. The van der Waals surface area contributed by atoms with Gasteiger partial charge in [0.25, 0.3) is 5.69 Å². The molecule has 0 fully saturated rings. The lowest BCUT2D eigenvalue weighted by Crippen LogP contribution is -2.45. The summed E-state index contributed by atoms with van der Waals surface area (Å²) in [7, 11) is 1.58. The van der Waals surface area contributed by atoms with Crippen molar-refractivity contribution in [3.63, 3.8) is 0 Å². The quantitative estimate of drug-likeness (QED) is 0.324. The third-order valence-electron chi connectivity index (χ3n) is 5.55. The Bertz CT molecular complexity index is 1160. The van der Waals surface area contributed by atoms with Crippen LogP contribution in [0.25, 0.3) is 5.57 Å². The zero-order valence-corrected chi connectivity index (χ0v) is 19.3. The second-order valence-corrected chi connectivity index (χ2v) is 8.33. The number of methoxy groups -OCH3 is 1. The van der Waals surface area contributed by atoms with Gasteiger partial charge in [-0.1, -0.05) is 13.0 Å². The van der Waals surface area contributed by atoms with Crippen LogP contribution in [0.4, 0.5) is 22.7 Å². The number of hydrogen-bond acceptors (Lipinski definition) is 8. The predicted molar refractivity (Wildman–Crippen MR) is 129 cm³/mol. The minimum absolute atomic E-state index is 0.0470. The molecule has 3 rings (SSSR count). The van der Waals surface area contributed by atoms with Crippen molar-refractivity contribution in [2.75, 3.05) is 24.0 Å². The number of allylic oxidation sites excluding steroid dienone is 1. The van der Waals surface area contributed by atoms with Gasteiger partial charge in [0, 0.05) is 35.5 Å². The fourth-order valence-electron chi connectivity index (χ4n) is 4.08. The first-order chi connectivity index (χ1) is 15.6. The van der Waals surface area contributed by atoms with Gasteiger partial charge in [-0.25, -0.2) is 0 Å². The highest BCUT2D eigenvalue weighted by Gasteiger charge is 2.31. The minimum atomic E-state index is -0.692. The molecule has 1 aliphatic rings. The highest BCUT2D eigenvalue weighted by Crippen LogP contribution is 2.42. The fourth-order valence-corrected chi connectivity index (χ4v) is 4.08. The SMILES string of the molecule is CCCN1c2cc(OC)c(/C=N\Nc3ccc([N+](=O)[O-])cc3[N+](=O)[O-])cc2C(C)=CC1(C)C. The maximum Gasteiger partial charge on any atom is 0.301 e. The molecule has 0 saturated heterocycles. The van der Waals surface area contributed by atoms with Crippen molar-refractivity contribution >= 4 is 34.5 Å². The Kier molecular flexibility index (Phi) is 6.66. The Hall–Kier alpha value is -3.95. The molecule has 0 saturated carbocycles. The molecule has 1 heterocycles. The molecule has 2 aromatic carbocycles. The summed E-state index contributed by atoms with van der Waals surface area (Å²) in [5.74, 6) is 0.615. The van der Waals surface area contributed by atoms with Crippen molar-refractivity contribution in [2.24, 2.45) is 5.10 Å². The van der Waals surface area contributed by atoms with Crippen molar-refractivity contribution in [1.29, 1.82) is 0 Å². The number of non-ortho nitro benzene ring substituents is 1. The fraction of sp³-hybridized carbons (Fsp3) is 0.348. The second kappa shape index (κ2) is 9.27. The van der Waals surface area contributed by atoms with Gasteiger partial charge in [-0.3, -0.25) is 25.7 Å². The summed E-state index contributed by atoms with van der Waals surface area (Å²) in [6.07, 6.45) is 4.75. The molecule has 0 atom stereocenters. The number of fused-ring (bicyclic) bond motifs is 1. The van der Waals surface area contributed by atoms with Crippen molar-refractivity contribution in [1.82, 2.24) is 0 Å². The third kappa shape index (κ3) is 4.79. The van der Waals surface area contributed by atoms with E-state index in [1.165, 1.54) is 18.3 Å². The van der Waals surface area contributed by atoms with E-state index >= 15 is 0 Å². The zero-order chi connectivity index (χ0) is 24.3. The summed E-state index contributed by atoms with van der Waals surface area (Å²) < 4.78 is 5.60. The molecule has 0 aromatic heterocycles. The number of nitro benzene ring substituents is 2. The molecule has 0 bridgehead atoms. The summed E-state index contributed by atoms with van der Waals surface area (Å²) >= 11 is 0. The number of benzene rings is 2. The number of nitrogens with zero attached hydrogens (tertiary/aromatic N) is 4. The van der Waals surface area contributed by atoms with E-state index in [0.717, 1.165) is 35.9 Å². The van der Waals surface area contributed by atoms with Gasteiger partial charge < -0.3 is 9.64 Å². The van der Waals surface area contributed by atoms with Crippen LogP contribution in [0.15, 0.2) is 41.5 Å². The Morgan fingerprint density at radius 3 is 2.52 bits per heavy atom. The molecule has 1 N–H and O–H groups in total. The van der Waals surface area contributed by atoms with Crippen LogP contribution in [0.2, 0.25) is 0 Å². The zero-order valence-electron chi connectivity index (χ0n) is 19.3. The van der Waals surface area contributed by atoms with Crippen LogP contribution in [0, 0.1) is 20.2 Å². The standard InChI is InChI=1S/C23H27N5O5/c1-6-9-26-20-12-22(33-5)16(10-18(20)15(2)13-23(26,3)4)14-24-25-19-8-7-17(27(29)30)11-21(19)28(31)32/h7-8,10-14,25H,6,9H2,1-5H3/b24-14-. The third-order valence-corrected chi connectivity index (χ3v) is 5.55. The topological polar surface area (TPSA) is 123 Å². The molecule has 33 heavy (non-hydrogen) atoms. The van der Waals surface area contributed by atoms with Crippen LogP contribution in [0.5, 0.6) is 5.75 Å². The molecule has 2 aromatic rings. The lowest BCUT2D eigenvalue weighted by Gasteiger charge is -2.43. The van der Waals surface area contributed by atoms with Crippen LogP contribution < -0.4 is 15.1 Å². The van der Waals surface area contributed by atoms with Gasteiger partial charge in [-0.05, 0) is 44.9 Å². The molecular weight excluding hydrogens is 426 g/mol. The number of hydrogen-bond donors (Lipinski definition) is 1. The van der Waals surface area contributed by atoms with Crippen LogP contribution in [0.3, 0.4) is 0 Å². The molecule has 0 amide bonds. The van der Waals surface area contributed by atoms with Crippen molar-refractivity contribution in [3.8, 4) is 5.75 Å². The number of ether oxygens (including phenoxy) is 1. The number of nitrogens with one attached hydrogen (secondary N) is 1. The van der Waals surface area contributed by atoms with Gasteiger partial charge >= 0.3 is 5.69 Å². The van der Waals surface area contributed by atoms with Gasteiger partial charge in [0.05, 0.1) is 34.8 Å². The lowest BCUT2D eigenvalue weighted by molar-refractivity contribution is -0.393. The Morgan fingerprint density at radius 1 is 1.18 bits per heavy atom. The molecule has 0 spiro atoms. The molecular formula is C23H27N5O5. The number of anilines is 2. The van der Waals surface area contributed by atoms with Crippen molar-refractivity contribution in [2.45, 2.75) is 39.7 Å². The van der Waals surface area contributed by atoms with E-state index < -0.39 is 15.5 Å². The molecule has 174 valence electrons. The van der Waals surface area contributed by atoms with Gasteiger partial charge in [-0.2, -0.15) is 5.10 Å². The smallest absolute Gasteiger partial charge is 0.301 e. The van der Waals surface area contributed by atoms with Crippen molar-refractivity contribution in [3.05, 3.63) is 67.8 Å². The monoisotopic (exact) mass is 453 g/mol. The average molecular weight is 453 g/mol. The van der Waals surface area contributed by atoms with Gasteiger partial charge in [0.1, 0.15) is 11.4 Å². The molecule has 0 radical (unpaired) electrons. The van der Waals surface area contributed by atoms with Crippen LogP contribution in [-0.2, 0) is 0 Å². The Labute approximate surface area is 191 Å². The van der Waals surface area contributed by atoms with E-state index in [9.17, 15) is 20.2 Å². The van der Waals surface area contributed by atoms with Gasteiger partial charge in [0.15, 0.2) is 0 Å². The van der Waals surface area contributed by atoms with E-state index in [0.29, 0.717) is 11.3 Å². The normalized spacial score (nSPS) is 14.6. The van der Waals surface area contributed by atoms with E-state index in [4.69, 9.17) is 4.74 Å². The minimum Gasteiger partial charge on any atom is -0.496 e. The molecule has 0 aliphatic carbocycles. The van der Waals surface area contributed by atoms with E-state index in [2.05, 4.69) is 49.2 Å². The molecule has 10 nitrogen and oxygen atoms in total. The van der Waals surface area contributed by atoms with Gasteiger partial charge in [0.2, 0.25) is 0 Å². The average Bonchev–Trinajstić information content (AvgIpc) is 2.75. The first-order valence-corrected chi connectivity index (χ1v) is 10.5. The summed E-state index contributed by atoms with van der Waals surface area (Å²) in [6.45, 7) is 9.46. The first-order valence-electron chi connectivity index (χ1n) is 10.5. The van der Waals surface area contributed by atoms with E-state index in [1.807, 2.05) is 12.1 Å². The Balaban J connectivity index is 1.97. The summed E-state index contributed by atoms with van der Waals surface area (Å²) in [5, 5.41) is 26.4. The van der Waals surface area contributed by atoms with Crippen LogP contribution in [0.1, 0.15) is 45.2 Å². The van der Waals surface area contributed by atoms with E-state index in [-0.39, 0.29) is 16.9 Å². The van der Waals surface area contributed by atoms with Crippen molar-refractivity contribution < 1.29 is 14.6 Å². The number of hydrazone groups is 1. The highest BCUT2D eigenvalue weighted by molar-refractivity contribution is 5.91. The molecule has 10 heteroatoms. The number of rotatable bonds is 8. The van der Waals surface area contributed by atoms with Crippen LogP contribution in [-0.4, -0.2) is 35.3 Å². The number of nitro groups is 2. The predicted octanol–water partition coefficient (Wildman–Crippen LogP) is 5.37. The molecule has 0 unspecified atom stereocenters. The molecule has 1 aliphatic heterocycles. The first kappa shape index (κ1) is 23.7.